The van der Waals surface area contributed by atoms with Gasteiger partial charge in [-0.25, -0.2) is 4.98 Å². The summed E-state index contributed by atoms with van der Waals surface area (Å²) in [5, 5.41) is 3.37. The van der Waals surface area contributed by atoms with Crippen LogP contribution >= 0.6 is 0 Å². The van der Waals surface area contributed by atoms with Crippen molar-refractivity contribution in [1.29, 1.82) is 0 Å². The fraction of sp³-hybridized carbons (Fsp3) is 0.353. The zero-order valence-electron chi connectivity index (χ0n) is 12.8. The predicted octanol–water partition coefficient (Wildman–Crippen LogP) is 3.63. The summed E-state index contributed by atoms with van der Waals surface area (Å²) in [6.45, 7) is 6.07. The molecule has 2 aromatic rings. The van der Waals surface area contributed by atoms with Crippen molar-refractivity contribution in [3.63, 3.8) is 0 Å². The van der Waals surface area contributed by atoms with Gasteiger partial charge in [0.05, 0.1) is 12.8 Å². The van der Waals surface area contributed by atoms with E-state index in [2.05, 4.69) is 24.1 Å². The lowest BCUT2D eigenvalue weighted by atomic mass is 10.2. The van der Waals surface area contributed by atoms with Crippen molar-refractivity contribution in [2.75, 3.05) is 13.7 Å². The minimum Gasteiger partial charge on any atom is -0.493 e. The van der Waals surface area contributed by atoms with Crippen LogP contribution in [-0.2, 0) is 6.54 Å². The molecule has 1 N–H and O–H groups in total. The van der Waals surface area contributed by atoms with Gasteiger partial charge in [0.25, 0.3) is 0 Å². The molecule has 0 spiro atoms. The quantitative estimate of drug-likeness (QED) is 0.844. The Hall–Kier alpha value is -2.07. The molecule has 1 heterocycles. The standard InChI is InChI=1S/C17H22N2O2/c1-13(2)11-18-12-14-7-6-10-17(19-14)21-16-9-5-4-8-15(16)20-3/h4-10,13,18H,11-12H2,1-3H3. The molecule has 112 valence electrons. The van der Waals surface area contributed by atoms with Gasteiger partial charge in [0.1, 0.15) is 0 Å². The molecule has 0 fully saturated rings. The highest BCUT2D eigenvalue weighted by Crippen LogP contribution is 2.29. The van der Waals surface area contributed by atoms with Crippen LogP contribution in [0.25, 0.3) is 0 Å². The maximum atomic E-state index is 5.80. The number of benzene rings is 1. The number of rotatable bonds is 7. The number of pyridine rings is 1. The third-order valence-corrected chi connectivity index (χ3v) is 2.92. The number of hydrogen-bond acceptors (Lipinski definition) is 4. The zero-order valence-corrected chi connectivity index (χ0v) is 12.8. The van der Waals surface area contributed by atoms with Crippen molar-refractivity contribution in [3.05, 3.63) is 48.2 Å². The molecule has 0 aliphatic heterocycles. The maximum absolute atomic E-state index is 5.80. The van der Waals surface area contributed by atoms with Crippen molar-refractivity contribution in [2.45, 2.75) is 20.4 Å². The molecule has 0 saturated heterocycles. The van der Waals surface area contributed by atoms with Crippen molar-refractivity contribution < 1.29 is 9.47 Å². The molecule has 0 unspecified atom stereocenters. The molecule has 1 aromatic heterocycles. The number of hydrogen-bond donors (Lipinski definition) is 1. The Morgan fingerprint density at radius 1 is 1.05 bits per heavy atom. The van der Waals surface area contributed by atoms with Gasteiger partial charge in [0.2, 0.25) is 5.88 Å². The summed E-state index contributed by atoms with van der Waals surface area (Å²) in [6, 6.07) is 13.3. The number of para-hydroxylation sites is 2. The number of methoxy groups -OCH3 is 1. The van der Waals surface area contributed by atoms with Gasteiger partial charge in [0, 0.05) is 12.6 Å². The average Bonchev–Trinajstić information content (AvgIpc) is 2.48. The maximum Gasteiger partial charge on any atom is 0.219 e. The Morgan fingerprint density at radius 3 is 2.52 bits per heavy atom. The van der Waals surface area contributed by atoms with E-state index in [0.29, 0.717) is 23.3 Å². The molecule has 0 aliphatic carbocycles. The van der Waals surface area contributed by atoms with Crippen LogP contribution in [-0.4, -0.2) is 18.6 Å². The molecule has 0 saturated carbocycles. The lowest BCUT2D eigenvalue weighted by molar-refractivity contribution is 0.373. The number of nitrogens with one attached hydrogen (secondary N) is 1. The van der Waals surface area contributed by atoms with Crippen LogP contribution in [0, 0.1) is 5.92 Å². The second-order valence-corrected chi connectivity index (χ2v) is 5.24. The summed E-state index contributed by atoms with van der Waals surface area (Å²) in [5.74, 6) is 2.56. The molecule has 0 aliphatic rings. The van der Waals surface area contributed by atoms with Crippen molar-refractivity contribution >= 4 is 0 Å². The molecular formula is C17H22N2O2. The number of ether oxygens (including phenoxy) is 2. The summed E-state index contributed by atoms with van der Waals surface area (Å²) >= 11 is 0. The van der Waals surface area contributed by atoms with E-state index in [4.69, 9.17) is 9.47 Å². The molecule has 0 bridgehead atoms. The van der Waals surface area contributed by atoms with Gasteiger partial charge in [-0.15, -0.1) is 0 Å². The number of aromatic nitrogens is 1. The van der Waals surface area contributed by atoms with Crippen LogP contribution in [0.5, 0.6) is 17.4 Å². The summed E-state index contributed by atoms with van der Waals surface area (Å²) in [6.07, 6.45) is 0. The monoisotopic (exact) mass is 286 g/mol. The van der Waals surface area contributed by atoms with Gasteiger partial charge >= 0.3 is 0 Å². The molecule has 2 rings (SSSR count). The zero-order chi connectivity index (χ0) is 15.1. The lowest BCUT2D eigenvalue weighted by Gasteiger charge is -2.11. The van der Waals surface area contributed by atoms with Crippen molar-refractivity contribution in [1.82, 2.24) is 10.3 Å². The highest BCUT2D eigenvalue weighted by Gasteiger charge is 2.06. The fourth-order valence-corrected chi connectivity index (χ4v) is 1.92. The Labute approximate surface area is 126 Å². The highest BCUT2D eigenvalue weighted by molar-refractivity contribution is 5.41. The fourth-order valence-electron chi connectivity index (χ4n) is 1.92. The molecule has 0 atom stereocenters. The Bertz CT molecular complexity index is 570. The average molecular weight is 286 g/mol. The first kappa shape index (κ1) is 15.3. The third-order valence-electron chi connectivity index (χ3n) is 2.92. The van der Waals surface area contributed by atoms with E-state index in [9.17, 15) is 0 Å². The first-order valence-electron chi connectivity index (χ1n) is 7.16. The van der Waals surface area contributed by atoms with Gasteiger partial charge in [-0.2, -0.15) is 0 Å². The van der Waals surface area contributed by atoms with Crippen molar-refractivity contribution in [2.24, 2.45) is 5.92 Å². The van der Waals surface area contributed by atoms with E-state index in [-0.39, 0.29) is 0 Å². The summed E-state index contributed by atoms with van der Waals surface area (Å²) in [4.78, 5) is 4.50. The molecule has 4 heteroatoms. The van der Waals surface area contributed by atoms with Crippen LogP contribution in [0.4, 0.5) is 0 Å². The van der Waals surface area contributed by atoms with Gasteiger partial charge in [-0.1, -0.05) is 32.0 Å². The third kappa shape index (κ3) is 4.76. The van der Waals surface area contributed by atoms with Crippen LogP contribution in [0.1, 0.15) is 19.5 Å². The minimum atomic E-state index is 0.573. The summed E-state index contributed by atoms with van der Waals surface area (Å²) in [7, 11) is 1.63. The SMILES string of the molecule is COc1ccccc1Oc1cccc(CNCC(C)C)n1. The number of nitrogens with zero attached hydrogens (tertiary/aromatic N) is 1. The lowest BCUT2D eigenvalue weighted by Crippen LogP contribution is -2.19. The van der Waals surface area contributed by atoms with Crippen molar-refractivity contribution in [3.8, 4) is 17.4 Å². The van der Waals surface area contributed by atoms with E-state index >= 15 is 0 Å². The minimum absolute atomic E-state index is 0.573. The van der Waals surface area contributed by atoms with E-state index in [1.807, 2.05) is 42.5 Å². The Balaban J connectivity index is 2.03. The summed E-state index contributed by atoms with van der Waals surface area (Å²) in [5.41, 5.74) is 0.961. The molecule has 1 aromatic carbocycles. The van der Waals surface area contributed by atoms with Crippen LogP contribution < -0.4 is 14.8 Å². The van der Waals surface area contributed by atoms with E-state index in [1.54, 1.807) is 7.11 Å². The molecule has 4 nitrogen and oxygen atoms in total. The summed E-state index contributed by atoms with van der Waals surface area (Å²) < 4.78 is 11.1. The van der Waals surface area contributed by atoms with E-state index < -0.39 is 0 Å². The Morgan fingerprint density at radius 2 is 1.81 bits per heavy atom. The van der Waals surface area contributed by atoms with E-state index in [0.717, 1.165) is 18.8 Å². The van der Waals surface area contributed by atoms with Gasteiger partial charge in [-0.3, -0.25) is 0 Å². The highest BCUT2D eigenvalue weighted by atomic mass is 16.5. The van der Waals surface area contributed by atoms with Crippen LogP contribution in [0.3, 0.4) is 0 Å². The van der Waals surface area contributed by atoms with Crippen LogP contribution in [0.15, 0.2) is 42.5 Å². The Kier molecular flexibility index (Phi) is 5.58. The smallest absolute Gasteiger partial charge is 0.219 e. The largest absolute Gasteiger partial charge is 0.493 e. The second kappa shape index (κ2) is 7.64. The predicted molar refractivity (Wildman–Crippen MR) is 83.8 cm³/mol. The first-order chi connectivity index (χ1) is 10.2. The topological polar surface area (TPSA) is 43.4 Å². The molecule has 21 heavy (non-hydrogen) atoms. The van der Waals surface area contributed by atoms with Gasteiger partial charge < -0.3 is 14.8 Å². The van der Waals surface area contributed by atoms with E-state index in [1.165, 1.54) is 0 Å². The molecular weight excluding hydrogens is 264 g/mol. The van der Waals surface area contributed by atoms with Crippen LogP contribution in [0.2, 0.25) is 0 Å². The molecule has 0 amide bonds. The molecule has 0 radical (unpaired) electrons. The van der Waals surface area contributed by atoms with Gasteiger partial charge in [-0.05, 0) is 30.7 Å². The second-order valence-electron chi connectivity index (χ2n) is 5.24. The van der Waals surface area contributed by atoms with Gasteiger partial charge in [0.15, 0.2) is 11.5 Å². The normalized spacial score (nSPS) is 10.7. The first-order valence-corrected chi connectivity index (χ1v) is 7.16.